The third kappa shape index (κ3) is 4.58. The lowest BCUT2D eigenvalue weighted by Crippen LogP contribution is -2.34. The van der Waals surface area contributed by atoms with Crippen molar-refractivity contribution < 1.29 is 14.3 Å². The van der Waals surface area contributed by atoms with Gasteiger partial charge in [0.2, 0.25) is 0 Å². The molecule has 0 bridgehead atoms. The molecule has 7 heteroatoms. The fourth-order valence-electron chi connectivity index (χ4n) is 1.23. The lowest BCUT2D eigenvalue weighted by molar-refractivity contribution is 0.0953. The Kier molecular flexibility index (Phi) is 6.59. The average Bonchev–Trinajstić information content (AvgIpc) is 2.83. The zero-order valence-electron chi connectivity index (χ0n) is 10.3. The van der Waals surface area contributed by atoms with E-state index < -0.39 is 6.09 Å². The first kappa shape index (κ1) is 14.8. The summed E-state index contributed by atoms with van der Waals surface area (Å²) in [6.07, 6.45) is 1.47. The fourth-order valence-corrected chi connectivity index (χ4v) is 2.89. The minimum absolute atomic E-state index is 0.111. The zero-order valence-corrected chi connectivity index (χ0v) is 12.0. The van der Waals surface area contributed by atoms with Crippen LogP contribution >= 0.6 is 23.1 Å². The summed E-state index contributed by atoms with van der Waals surface area (Å²) in [5.74, 6) is -0.111. The van der Waals surface area contributed by atoms with Crippen molar-refractivity contribution in [2.45, 2.75) is 11.8 Å². The van der Waals surface area contributed by atoms with Crippen molar-refractivity contribution in [1.29, 1.82) is 0 Å². The molecule has 0 radical (unpaired) electrons. The Morgan fingerprint density at radius 1 is 1.39 bits per heavy atom. The van der Waals surface area contributed by atoms with E-state index in [1.165, 1.54) is 11.3 Å². The number of ether oxygens (including phenoxy) is 1. The van der Waals surface area contributed by atoms with Crippen LogP contribution in [-0.4, -0.2) is 38.0 Å². The van der Waals surface area contributed by atoms with Gasteiger partial charge in [-0.05, 0) is 24.6 Å². The maximum Gasteiger partial charge on any atom is 0.407 e. The van der Waals surface area contributed by atoms with E-state index in [0.717, 1.165) is 4.90 Å². The molecule has 0 atom stereocenters. The Bertz CT molecular complexity index is 407. The van der Waals surface area contributed by atoms with E-state index in [2.05, 4.69) is 10.6 Å². The van der Waals surface area contributed by atoms with Gasteiger partial charge in [0.15, 0.2) is 0 Å². The number of thioether (sulfide) groups is 1. The van der Waals surface area contributed by atoms with Gasteiger partial charge in [0, 0.05) is 18.0 Å². The minimum atomic E-state index is -0.465. The summed E-state index contributed by atoms with van der Waals surface area (Å²) in [5, 5.41) is 7.17. The van der Waals surface area contributed by atoms with E-state index in [0.29, 0.717) is 24.6 Å². The third-order valence-electron chi connectivity index (χ3n) is 2.01. The first-order valence-corrected chi connectivity index (χ1v) is 7.59. The lowest BCUT2D eigenvalue weighted by Gasteiger charge is -2.06. The number of carbonyl (C=O) groups is 2. The Morgan fingerprint density at radius 2 is 2.11 bits per heavy atom. The molecule has 1 aromatic rings. The molecular weight excluding hydrogens is 272 g/mol. The second-order valence-electron chi connectivity index (χ2n) is 3.22. The molecule has 2 N–H and O–H groups in total. The molecule has 0 aromatic carbocycles. The van der Waals surface area contributed by atoms with E-state index in [9.17, 15) is 9.59 Å². The Balaban J connectivity index is 2.28. The molecule has 0 saturated carbocycles. The molecule has 1 rings (SSSR count). The van der Waals surface area contributed by atoms with Crippen LogP contribution in [0.3, 0.4) is 0 Å². The van der Waals surface area contributed by atoms with Crippen molar-refractivity contribution in [3.05, 3.63) is 16.3 Å². The average molecular weight is 288 g/mol. The Morgan fingerprint density at radius 3 is 2.78 bits per heavy atom. The van der Waals surface area contributed by atoms with Gasteiger partial charge >= 0.3 is 6.09 Å². The first-order valence-electron chi connectivity index (χ1n) is 5.49. The van der Waals surface area contributed by atoms with Crippen LogP contribution in [0.1, 0.15) is 16.6 Å². The van der Waals surface area contributed by atoms with Crippen molar-refractivity contribution >= 4 is 35.1 Å². The van der Waals surface area contributed by atoms with Gasteiger partial charge < -0.3 is 15.4 Å². The van der Waals surface area contributed by atoms with Gasteiger partial charge in [-0.1, -0.05) is 0 Å². The Hall–Kier alpha value is -1.21. The van der Waals surface area contributed by atoms with Crippen molar-refractivity contribution in [3.63, 3.8) is 0 Å². The molecule has 5 nitrogen and oxygen atoms in total. The summed E-state index contributed by atoms with van der Waals surface area (Å²) in [6.45, 7) is 2.81. The molecular formula is C11H16N2O3S2. The molecule has 0 aliphatic carbocycles. The van der Waals surface area contributed by atoms with Crippen molar-refractivity contribution in [1.82, 2.24) is 10.6 Å². The quantitative estimate of drug-likeness (QED) is 0.620. The summed E-state index contributed by atoms with van der Waals surface area (Å²) in [5.41, 5.74) is 0. The Labute approximate surface area is 114 Å². The first-order chi connectivity index (χ1) is 8.69. The van der Waals surface area contributed by atoms with E-state index in [1.54, 1.807) is 18.7 Å². The van der Waals surface area contributed by atoms with Gasteiger partial charge in [0.1, 0.15) is 4.88 Å². The van der Waals surface area contributed by atoms with Crippen LogP contribution in [0, 0.1) is 0 Å². The lowest BCUT2D eigenvalue weighted by atomic mass is 10.4. The number of alkyl carbamates (subject to hydrolysis) is 1. The van der Waals surface area contributed by atoms with Crippen molar-refractivity contribution in [3.8, 4) is 0 Å². The highest BCUT2D eigenvalue weighted by atomic mass is 32.2. The van der Waals surface area contributed by atoms with Crippen LogP contribution < -0.4 is 10.6 Å². The highest BCUT2D eigenvalue weighted by Crippen LogP contribution is 2.25. The summed E-state index contributed by atoms with van der Waals surface area (Å²) < 4.78 is 4.69. The minimum Gasteiger partial charge on any atom is -0.450 e. The number of hydrogen-bond donors (Lipinski definition) is 2. The van der Waals surface area contributed by atoms with Gasteiger partial charge in [-0.25, -0.2) is 4.79 Å². The maximum absolute atomic E-state index is 11.8. The molecule has 1 heterocycles. The molecule has 2 amide bonds. The number of hydrogen-bond acceptors (Lipinski definition) is 5. The topological polar surface area (TPSA) is 67.4 Å². The van der Waals surface area contributed by atoms with Gasteiger partial charge in [-0.3, -0.25) is 4.79 Å². The number of carbonyl (C=O) groups excluding carboxylic acids is 2. The largest absolute Gasteiger partial charge is 0.450 e. The van der Waals surface area contributed by atoms with Gasteiger partial charge in [-0.15, -0.1) is 23.1 Å². The van der Waals surface area contributed by atoms with Gasteiger partial charge in [0.05, 0.1) is 6.61 Å². The molecule has 0 aliphatic heterocycles. The van der Waals surface area contributed by atoms with Crippen LogP contribution in [0.2, 0.25) is 0 Å². The van der Waals surface area contributed by atoms with Crippen molar-refractivity contribution in [2.75, 3.05) is 26.0 Å². The number of thiophene rings is 1. The summed E-state index contributed by atoms with van der Waals surface area (Å²) in [7, 11) is 0. The summed E-state index contributed by atoms with van der Waals surface area (Å²) in [6, 6.07) is 1.92. The predicted octanol–water partition coefficient (Wildman–Crippen LogP) is 1.95. The predicted molar refractivity (Wildman–Crippen MR) is 73.5 cm³/mol. The SMILES string of the molecule is CCOC(=O)NCCNC(=O)c1sccc1SC. The molecule has 0 saturated heterocycles. The number of nitrogens with one attached hydrogen (secondary N) is 2. The highest BCUT2D eigenvalue weighted by Gasteiger charge is 2.11. The van der Waals surface area contributed by atoms with Crippen LogP contribution in [0.15, 0.2) is 16.3 Å². The molecule has 1 aromatic heterocycles. The fraction of sp³-hybridized carbons (Fsp3) is 0.455. The van der Waals surface area contributed by atoms with E-state index in [4.69, 9.17) is 4.74 Å². The smallest absolute Gasteiger partial charge is 0.407 e. The second kappa shape index (κ2) is 7.99. The normalized spacial score (nSPS) is 9.89. The zero-order chi connectivity index (χ0) is 13.4. The second-order valence-corrected chi connectivity index (χ2v) is 4.99. The number of amides is 2. The van der Waals surface area contributed by atoms with Crippen LogP contribution in [0.25, 0.3) is 0 Å². The third-order valence-corrected chi connectivity index (χ3v) is 3.83. The van der Waals surface area contributed by atoms with Crippen LogP contribution in [0.4, 0.5) is 4.79 Å². The summed E-state index contributed by atoms with van der Waals surface area (Å²) >= 11 is 2.95. The van der Waals surface area contributed by atoms with E-state index in [-0.39, 0.29) is 5.91 Å². The molecule has 0 fully saturated rings. The monoisotopic (exact) mass is 288 g/mol. The molecule has 18 heavy (non-hydrogen) atoms. The number of rotatable bonds is 6. The highest BCUT2D eigenvalue weighted by molar-refractivity contribution is 7.98. The van der Waals surface area contributed by atoms with Gasteiger partial charge in [-0.2, -0.15) is 0 Å². The van der Waals surface area contributed by atoms with E-state index >= 15 is 0 Å². The van der Waals surface area contributed by atoms with Crippen LogP contribution in [0.5, 0.6) is 0 Å². The van der Waals surface area contributed by atoms with Gasteiger partial charge in [0.25, 0.3) is 5.91 Å². The standard InChI is InChI=1S/C11H16N2O3S2/c1-3-16-11(15)13-6-5-12-10(14)9-8(17-2)4-7-18-9/h4,7H,3,5-6H2,1-2H3,(H,12,14)(H,13,15). The molecule has 0 aliphatic rings. The van der Waals surface area contributed by atoms with Crippen molar-refractivity contribution in [2.24, 2.45) is 0 Å². The summed E-state index contributed by atoms with van der Waals surface area (Å²) in [4.78, 5) is 24.4. The molecule has 0 unspecified atom stereocenters. The molecule has 0 spiro atoms. The van der Waals surface area contributed by atoms with Crippen LogP contribution in [-0.2, 0) is 4.74 Å². The van der Waals surface area contributed by atoms with E-state index in [1.807, 2.05) is 17.7 Å². The molecule has 100 valence electrons. The maximum atomic E-state index is 11.8.